The molecule has 1 aromatic carbocycles. The molecule has 1 aromatic heterocycles. The number of pyridine rings is 1. The first-order valence-corrected chi connectivity index (χ1v) is 7.20. The number of aliphatic hydroxyl groups excluding tert-OH is 2. The van der Waals surface area contributed by atoms with Gasteiger partial charge in [0.2, 0.25) is 5.91 Å². The lowest BCUT2D eigenvalue weighted by molar-refractivity contribution is -0.119. The number of carbonyl (C=O) groups is 1. The van der Waals surface area contributed by atoms with E-state index in [9.17, 15) is 15.0 Å². The quantitative estimate of drug-likeness (QED) is 0.758. The minimum Gasteiger partial charge on any atom is -0.390 e. The van der Waals surface area contributed by atoms with Gasteiger partial charge in [-0.15, -0.1) is 0 Å². The van der Waals surface area contributed by atoms with E-state index in [0.29, 0.717) is 18.5 Å². The molecule has 0 saturated heterocycles. The van der Waals surface area contributed by atoms with Crippen LogP contribution in [0.1, 0.15) is 25.0 Å². The Morgan fingerprint density at radius 1 is 1.18 bits per heavy atom. The van der Waals surface area contributed by atoms with Crippen LogP contribution in [0.25, 0.3) is 11.3 Å². The van der Waals surface area contributed by atoms with Crippen molar-refractivity contribution in [3.8, 4) is 11.3 Å². The molecule has 0 saturated carbocycles. The van der Waals surface area contributed by atoms with E-state index in [-0.39, 0.29) is 5.91 Å². The normalized spacial score (nSPS) is 13.4. The van der Waals surface area contributed by atoms with Crippen LogP contribution in [-0.4, -0.2) is 33.8 Å². The largest absolute Gasteiger partial charge is 0.390 e. The van der Waals surface area contributed by atoms with Crippen molar-refractivity contribution in [2.75, 3.05) is 6.54 Å². The third-order valence-corrected chi connectivity index (χ3v) is 3.39. The zero-order valence-electron chi connectivity index (χ0n) is 12.4. The molecule has 2 rings (SSSR count). The van der Waals surface area contributed by atoms with Gasteiger partial charge in [-0.1, -0.05) is 30.3 Å². The van der Waals surface area contributed by atoms with Gasteiger partial charge in [-0.2, -0.15) is 0 Å². The van der Waals surface area contributed by atoms with E-state index in [4.69, 9.17) is 0 Å². The number of nitrogens with zero attached hydrogens (tertiary/aromatic N) is 1. The van der Waals surface area contributed by atoms with Gasteiger partial charge in [0, 0.05) is 25.2 Å². The second-order valence-corrected chi connectivity index (χ2v) is 5.12. The Labute approximate surface area is 129 Å². The molecule has 5 heteroatoms. The first kappa shape index (κ1) is 16.1. The number of aromatic nitrogens is 1. The summed E-state index contributed by atoms with van der Waals surface area (Å²) in [6.45, 7) is 1.75. The molecule has 116 valence electrons. The fourth-order valence-corrected chi connectivity index (χ4v) is 2.16. The highest BCUT2D eigenvalue weighted by Gasteiger charge is 2.18. The van der Waals surface area contributed by atoms with Crippen molar-refractivity contribution in [3.63, 3.8) is 0 Å². The van der Waals surface area contributed by atoms with E-state index in [1.165, 1.54) is 6.92 Å². The molecule has 5 nitrogen and oxygen atoms in total. The van der Waals surface area contributed by atoms with Crippen molar-refractivity contribution < 1.29 is 15.0 Å². The topological polar surface area (TPSA) is 82.5 Å². The van der Waals surface area contributed by atoms with Gasteiger partial charge in [0.25, 0.3) is 0 Å². The van der Waals surface area contributed by atoms with Gasteiger partial charge in [0.05, 0.1) is 11.8 Å². The minimum atomic E-state index is -0.980. The van der Waals surface area contributed by atoms with Crippen LogP contribution in [0.2, 0.25) is 0 Å². The van der Waals surface area contributed by atoms with Crippen molar-refractivity contribution in [3.05, 3.63) is 54.2 Å². The van der Waals surface area contributed by atoms with Crippen molar-refractivity contribution >= 4 is 5.91 Å². The first-order valence-electron chi connectivity index (χ1n) is 7.20. The number of aliphatic hydroxyl groups is 2. The molecule has 1 heterocycles. The first-order chi connectivity index (χ1) is 10.6. The molecule has 22 heavy (non-hydrogen) atoms. The van der Waals surface area contributed by atoms with Gasteiger partial charge in [0.15, 0.2) is 0 Å². The van der Waals surface area contributed by atoms with Gasteiger partial charge in [-0.05, 0) is 24.1 Å². The predicted molar refractivity (Wildman–Crippen MR) is 83.9 cm³/mol. The Balaban J connectivity index is 1.99. The number of hydrogen-bond acceptors (Lipinski definition) is 4. The number of nitrogens with one attached hydrogen (secondary N) is 1. The van der Waals surface area contributed by atoms with Crippen LogP contribution in [0.3, 0.4) is 0 Å². The molecule has 1 amide bonds. The smallest absolute Gasteiger partial charge is 0.216 e. The SMILES string of the molecule is CC(=O)NCCC(O)C(O)c1ccc(-c2ccccn2)cc1. The molecule has 0 aliphatic heterocycles. The highest BCUT2D eigenvalue weighted by atomic mass is 16.3. The third kappa shape index (κ3) is 4.38. The fourth-order valence-electron chi connectivity index (χ4n) is 2.16. The number of benzene rings is 1. The molecule has 3 N–H and O–H groups in total. The van der Waals surface area contributed by atoms with E-state index in [2.05, 4.69) is 10.3 Å². The Morgan fingerprint density at radius 3 is 2.50 bits per heavy atom. The monoisotopic (exact) mass is 300 g/mol. The summed E-state index contributed by atoms with van der Waals surface area (Å²) in [6.07, 6.45) is 0.117. The number of hydrogen-bond donors (Lipinski definition) is 3. The Bertz CT molecular complexity index is 599. The summed E-state index contributed by atoms with van der Waals surface area (Å²) < 4.78 is 0. The van der Waals surface area contributed by atoms with Crippen molar-refractivity contribution in [1.29, 1.82) is 0 Å². The van der Waals surface area contributed by atoms with Crippen LogP contribution in [0.5, 0.6) is 0 Å². The van der Waals surface area contributed by atoms with Crippen LogP contribution < -0.4 is 5.32 Å². The molecule has 0 bridgehead atoms. The number of carbonyl (C=O) groups excluding carboxylic acids is 1. The highest BCUT2D eigenvalue weighted by molar-refractivity contribution is 5.72. The summed E-state index contributed by atoms with van der Waals surface area (Å²) in [6, 6.07) is 13.0. The zero-order chi connectivity index (χ0) is 15.9. The molecule has 0 fully saturated rings. The average Bonchev–Trinajstić information content (AvgIpc) is 2.54. The van der Waals surface area contributed by atoms with Crippen molar-refractivity contribution in [2.45, 2.75) is 25.6 Å². The van der Waals surface area contributed by atoms with Gasteiger partial charge in [0.1, 0.15) is 6.10 Å². The Hall–Kier alpha value is -2.24. The Kier molecular flexibility index (Phi) is 5.63. The van der Waals surface area contributed by atoms with E-state index in [0.717, 1.165) is 11.3 Å². The van der Waals surface area contributed by atoms with Crippen molar-refractivity contribution in [1.82, 2.24) is 10.3 Å². The summed E-state index contributed by atoms with van der Waals surface area (Å²) in [7, 11) is 0. The second kappa shape index (κ2) is 7.68. The standard InChI is InChI=1S/C17H20N2O3/c1-12(20)18-11-9-16(21)17(22)14-7-5-13(6-8-14)15-4-2-3-10-19-15/h2-8,10,16-17,21-22H,9,11H2,1H3,(H,18,20). The van der Waals surface area contributed by atoms with E-state index in [1.54, 1.807) is 18.3 Å². The average molecular weight is 300 g/mol. The van der Waals surface area contributed by atoms with Gasteiger partial charge in [-0.25, -0.2) is 0 Å². The third-order valence-electron chi connectivity index (χ3n) is 3.39. The molecule has 2 atom stereocenters. The summed E-state index contributed by atoms with van der Waals surface area (Å²) in [5.41, 5.74) is 2.44. The molecule has 0 aliphatic rings. The van der Waals surface area contributed by atoms with Crippen LogP contribution in [0, 0.1) is 0 Å². The minimum absolute atomic E-state index is 0.151. The van der Waals surface area contributed by atoms with Crippen molar-refractivity contribution in [2.24, 2.45) is 0 Å². The molecule has 2 unspecified atom stereocenters. The van der Waals surface area contributed by atoms with Crippen LogP contribution >= 0.6 is 0 Å². The van der Waals surface area contributed by atoms with Crippen LogP contribution in [0.15, 0.2) is 48.7 Å². The summed E-state index contributed by atoms with van der Waals surface area (Å²) in [4.78, 5) is 15.0. The maximum absolute atomic E-state index is 10.8. The second-order valence-electron chi connectivity index (χ2n) is 5.12. The maximum atomic E-state index is 10.8. The van der Waals surface area contributed by atoms with Gasteiger partial charge in [-0.3, -0.25) is 9.78 Å². The lowest BCUT2D eigenvalue weighted by Gasteiger charge is -2.18. The lowest BCUT2D eigenvalue weighted by Crippen LogP contribution is -2.27. The number of rotatable bonds is 6. The fraction of sp³-hybridized carbons (Fsp3) is 0.294. The summed E-state index contributed by atoms with van der Waals surface area (Å²) in [5, 5.41) is 22.7. The van der Waals surface area contributed by atoms with E-state index in [1.807, 2.05) is 30.3 Å². The highest BCUT2D eigenvalue weighted by Crippen LogP contribution is 2.23. The summed E-state index contributed by atoms with van der Waals surface area (Å²) in [5.74, 6) is -0.151. The molecule has 0 spiro atoms. The van der Waals surface area contributed by atoms with E-state index < -0.39 is 12.2 Å². The predicted octanol–water partition coefficient (Wildman–Crippen LogP) is 1.67. The van der Waals surface area contributed by atoms with Gasteiger partial charge < -0.3 is 15.5 Å². The molecular formula is C17H20N2O3. The number of amides is 1. The Morgan fingerprint density at radius 2 is 1.91 bits per heavy atom. The summed E-state index contributed by atoms with van der Waals surface area (Å²) >= 11 is 0. The molecule has 0 aliphatic carbocycles. The van der Waals surface area contributed by atoms with Crippen LogP contribution in [0.4, 0.5) is 0 Å². The van der Waals surface area contributed by atoms with Crippen LogP contribution in [-0.2, 0) is 4.79 Å². The molecular weight excluding hydrogens is 280 g/mol. The maximum Gasteiger partial charge on any atom is 0.216 e. The van der Waals surface area contributed by atoms with Gasteiger partial charge >= 0.3 is 0 Å². The zero-order valence-corrected chi connectivity index (χ0v) is 12.4. The molecule has 0 radical (unpaired) electrons. The lowest BCUT2D eigenvalue weighted by atomic mass is 10.00. The molecule has 2 aromatic rings. The van der Waals surface area contributed by atoms with E-state index >= 15 is 0 Å².